The Morgan fingerprint density at radius 2 is 2.11 bits per heavy atom. The van der Waals surface area contributed by atoms with Gasteiger partial charge in [0.25, 0.3) is 5.91 Å². The molecule has 0 saturated carbocycles. The van der Waals surface area contributed by atoms with E-state index < -0.39 is 0 Å². The van der Waals surface area contributed by atoms with Crippen LogP contribution in [0.25, 0.3) is 0 Å². The minimum absolute atomic E-state index is 0.0876. The van der Waals surface area contributed by atoms with Crippen molar-refractivity contribution < 1.29 is 9.53 Å². The highest BCUT2D eigenvalue weighted by atomic mass is 16.5. The second-order valence-electron chi connectivity index (χ2n) is 4.79. The number of rotatable bonds is 5. The Balaban J connectivity index is 2.15. The highest BCUT2D eigenvalue weighted by Gasteiger charge is 2.22. The number of carbonyl (C=O) groups is 1. The maximum atomic E-state index is 11.8. The first-order chi connectivity index (χ1) is 9.13. The van der Waals surface area contributed by atoms with Crippen LogP contribution in [0.3, 0.4) is 0 Å². The molecule has 0 spiro atoms. The predicted molar refractivity (Wildman–Crippen MR) is 74.5 cm³/mol. The number of aryl methyl sites for hydroxylation is 1. The molecule has 0 radical (unpaired) electrons. The van der Waals surface area contributed by atoms with E-state index >= 15 is 0 Å². The van der Waals surface area contributed by atoms with Gasteiger partial charge < -0.3 is 15.0 Å². The van der Waals surface area contributed by atoms with Crippen LogP contribution >= 0.6 is 0 Å². The smallest absolute Gasteiger partial charge is 0.250 e. The van der Waals surface area contributed by atoms with E-state index in [-0.39, 0.29) is 12.5 Å². The number of aromatic nitrogens is 2. The van der Waals surface area contributed by atoms with Gasteiger partial charge in [-0.1, -0.05) is 0 Å². The van der Waals surface area contributed by atoms with Crippen molar-refractivity contribution in [3.63, 3.8) is 0 Å². The summed E-state index contributed by atoms with van der Waals surface area (Å²) in [6.07, 6.45) is 2.36. The lowest BCUT2D eigenvalue weighted by atomic mass is 10.3. The van der Waals surface area contributed by atoms with E-state index in [1.165, 1.54) is 12.8 Å². The highest BCUT2D eigenvalue weighted by Crippen LogP contribution is 2.30. The average Bonchev–Trinajstić information content (AvgIpc) is 3.00. The summed E-state index contributed by atoms with van der Waals surface area (Å²) in [6, 6.07) is 0. The molecular formula is C13H22N4O2. The number of nitrogens with one attached hydrogen (secondary N) is 1. The van der Waals surface area contributed by atoms with Crippen molar-refractivity contribution in [2.24, 2.45) is 7.05 Å². The maximum Gasteiger partial charge on any atom is 0.250 e. The van der Waals surface area contributed by atoms with Gasteiger partial charge in [0.1, 0.15) is 12.3 Å². The number of ether oxygens (including phenoxy) is 1. The molecule has 1 aliphatic heterocycles. The van der Waals surface area contributed by atoms with Gasteiger partial charge in [0.05, 0.1) is 5.69 Å². The fraction of sp³-hybridized carbons (Fsp3) is 0.692. The molecule has 0 atom stereocenters. The molecular weight excluding hydrogens is 244 g/mol. The highest BCUT2D eigenvalue weighted by molar-refractivity contribution is 5.95. The normalized spacial score (nSPS) is 15.0. The van der Waals surface area contributed by atoms with E-state index in [1.807, 2.05) is 25.6 Å². The van der Waals surface area contributed by atoms with Crippen molar-refractivity contribution >= 4 is 17.4 Å². The largest absolute Gasteiger partial charge is 0.372 e. The minimum Gasteiger partial charge on any atom is -0.372 e. The number of nitrogens with zero attached hydrogens (tertiary/aromatic N) is 3. The minimum atomic E-state index is -0.126. The van der Waals surface area contributed by atoms with Crippen LogP contribution in [0.2, 0.25) is 0 Å². The summed E-state index contributed by atoms with van der Waals surface area (Å²) >= 11 is 0. The zero-order valence-electron chi connectivity index (χ0n) is 11.9. The van der Waals surface area contributed by atoms with E-state index in [4.69, 9.17) is 4.74 Å². The molecule has 1 N–H and O–H groups in total. The fourth-order valence-electron chi connectivity index (χ4n) is 2.26. The van der Waals surface area contributed by atoms with Crippen molar-refractivity contribution in [2.75, 3.05) is 36.5 Å². The van der Waals surface area contributed by atoms with Gasteiger partial charge in [-0.05, 0) is 26.7 Å². The van der Waals surface area contributed by atoms with Gasteiger partial charge in [-0.2, -0.15) is 5.10 Å². The van der Waals surface area contributed by atoms with Crippen molar-refractivity contribution in [3.05, 3.63) is 5.69 Å². The van der Waals surface area contributed by atoms with Crippen molar-refractivity contribution in [1.82, 2.24) is 9.78 Å². The quantitative estimate of drug-likeness (QED) is 0.873. The zero-order valence-corrected chi connectivity index (χ0v) is 11.9. The molecule has 2 rings (SSSR count). The fourth-order valence-corrected chi connectivity index (χ4v) is 2.26. The Hall–Kier alpha value is -1.56. The van der Waals surface area contributed by atoms with E-state index in [0.29, 0.717) is 6.61 Å². The summed E-state index contributed by atoms with van der Waals surface area (Å²) < 4.78 is 6.94. The number of amides is 1. The van der Waals surface area contributed by atoms with Crippen LogP contribution in [-0.4, -0.2) is 42.0 Å². The Bertz CT molecular complexity index is 450. The molecule has 1 fully saturated rings. The van der Waals surface area contributed by atoms with Gasteiger partial charge in [0.15, 0.2) is 5.82 Å². The molecule has 6 nitrogen and oxygen atoms in total. The topological polar surface area (TPSA) is 59.4 Å². The lowest BCUT2D eigenvalue weighted by molar-refractivity contribution is -0.120. The number of hydrogen-bond donors (Lipinski definition) is 1. The monoisotopic (exact) mass is 266 g/mol. The van der Waals surface area contributed by atoms with E-state index in [1.54, 1.807) is 0 Å². The number of hydrogen-bond acceptors (Lipinski definition) is 4. The number of anilines is 2. The molecule has 1 aromatic heterocycles. The van der Waals surface area contributed by atoms with Gasteiger partial charge in [-0.15, -0.1) is 0 Å². The molecule has 0 aromatic carbocycles. The Morgan fingerprint density at radius 3 is 2.74 bits per heavy atom. The second-order valence-corrected chi connectivity index (χ2v) is 4.79. The average molecular weight is 266 g/mol. The standard InChI is InChI=1S/C13H22N4O2/c1-4-19-9-11(18)14-12-10(2)16(3)15-13(12)17-7-5-6-8-17/h4-9H2,1-3H3,(H,14,18). The Kier molecular flexibility index (Phi) is 4.42. The van der Waals surface area contributed by atoms with E-state index in [0.717, 1.165) is 30.3 Å². The van der Waals surface area contributed by atoms with Gasteiger partial charge in [-0.3, -0.25) is 9.48 Å². The lowest BCUT2D eigenvalue weighted by Gasteiger charge is -2.16. The molecule has 1 aromatic rings. The van der Waals surface area contributed by atoms with Gasteiger partial charge in [0.2, 0.25) is 0 Å². The van der Waals surface area contributed by atoms with Crippen LogP contribution in [0.1, 0.15) is 25.5 Å². The van der Waals surface area contributed by atoms with Crippen molar-refractivity contribution in [1.29, 1.82) is 0 Å². The molecule has 1 aliphatic rings. The van der Waals surface area contributed by atoms with Gasteiger partial charge in [0, 0.05) is 26.7 Å². The molecule has 0 aliphatic carbocycles. The molecule has 106 valence electrons. The van der Waals surface area contributed by atoms with E-state index in [9.17, 15) is 4.79 Å². The van der Waals surface area contributed by atoms with E-state index in [2.05, 4.69) is 15.3 Å². The summed E-state index contributed by atoms with van der Waals surface area (Å²) in [7, 11) is 1.90. The summed E-state index contributed by atoms with van der Waals surface area (Å²) in [6.45, 7) is 6.47. The first kappa shape index (κ1) is 13.9. The second kappa shape index (κ2) is 6.06. The summed E-state index contributed by atoms with van der Waals surface area (Å²) in [5.74, 6) is 0.751. The SMILES string of the molecule is CCOCC(=O)Nc1c(N2CCCC2)nn(C)c1C. The molecule has 0 unspecified atom stereocenters. The molecule has 19 heavy (non-hydrogen) atoms. The predicted octanol–water partition coefficient (Wildman–Crippen LogP) is 1.30. The summed E-state index contributed by atoms with van der Waals surface area (Å²) in [5.41, 5.74) is 1.78. The Morgan fingerprint density at radius 1 is 1.42 bits per heavy atom. The molecule has 1 saturated heterocycles. The molecule has 2 heterocycles. The first-order valence-corrected chi connectivity index (χ1v) is 6.79. The van der Waals surface area contributed by atoms with Gasteiger partial charge >= 0.3 is 0 Å². The zero-order chi connectivity index (χ0) is 13.8. The van der Waals surface area contributed by atoms with Crippen LogP contribution in [-0.2, 0) is 16.6 Å². The molecule has 1 amide bonds. The molecule has 0 bridgehead atoms. The number of carbonyl (C=O) groups excluding carboxylic acids is 1. The molecule has 6 heteroatoms. The Labute approximate surface area is 113 Å². The van der Waals surface area contributed by atoms with Crippen molar-refractivity contribution in [3.8, 4) is 0 Å². The van der Waals surface area contributed by atoms with Crippen LogP contribution in [0.15, 0.2) is 0 Å². The van der Waals surface area contributed by atoms with Crippen LogP contribution in [0.5, 0.6) is 0 Å². The lowest BCUT2D eigenvalue weighted by Crippen LogP contribution is -2.23. The maximum absolute atomic E-state index is 11.8. The van der Waals surface area contributed by atoms with Crippen LogP contribution in [0.4, 0.5) is 11.5 Å². The first-order valence-electron chi connectivity index (χ1n) is 6.79. The van der Waals surface area contributed by atoms with Crippen molar-refractivity contribution in [2.45, 2.75) is 26.7 Å². The third-order valence-electron chi connectivity index (χ3n) is 3.42. The summed E-state index contributed by atoms with van der Waals surface area (Å²) in [4.78, 5) is 14.0. The van der Waals surface area contributed by atoms with Gasteiger partial charge in [-0.25, -0.2) is 0 Å². The van der Waals surface area contributed by atoms with Crippen LogP contribution in [0, 0.1) is 6.92 Å². The third-order valence-corrected chi connectivity index (χ3v) is 3.42. The third kappa shape index (κ3) is 3.07. The summed E-state index contributed by atoms with van der Waals surface area (Å²) in [5, 5.41) is 7.43. The van der Waals surface area contributed by atoms with Crippen LogP contribution < -0.4 is 10.2 Å².